The van der Waals surface area contributed by atoms with Gasteiger partial charge in [0.25, 0.3) is 0 Å². The molecule has 0 spiro atoms. The number of aryl methyl sites for hydroxylation is 1. The first-order valence-electron chi connectivity index (χ1n) is 4.28. The fraction of sp³-hybridized carbons (Fsp3) is 0.400. The summed E-state index contributed by atoms with van der Waals surface area (Å²) in [6.45, 7) is 3.32. The predicted molar refractivity (Wildman–Crippen MR) is 54.4 cm³/mol. The third-order valence-corrected chi connectivity index (χ3v) is 3.38. The molecular weight excluding hydrogens is 166 g/mol. The number of nitrogens with one attached hydrogen (secondary N) is 1. The number of thioether (sulfide) groups is 1. The van der Waals surface area contributed by atoms with Crippen molar-refractivity contribution >= 4 is 11.8 Å². The molecule has 0 saturated carbocycles. The van der Waals surface area contributed by atoms with Gasteiger partial charge < -0.3 is 5.32 Å². The van der Waals surface area contributed by atoms with Gasteiger partial charge in [0.15, 0.2) is 0 Å². The molecule has 0 radical (unpaired) electrons. The minimum absolute atomic E-state index is 0.534. The maximum absolute atomic E-state index is 3.48. The zero-order valence-corrected chi connectivity index (χ0v) is 8.03. The van der Waals surface area contributed by atoms with Crippen LogP contribution in [0.2, 0.25) is 0 Å². The lowest BCUT2D eigenvalue weighted by Gasteiger charge is -2.12. The Morgan fingerprint density at radius 2 is 2.25 bits per heavy atom. The van der Waals surface area contributed by atoms with Crippen LogP contribution in [0.5, 0.6) is 0 Å². The van der Waals surface area contributed by atoms with Crippen LogP contribution in [0, 0.1) is 6.92 Å². The lowest BCUT2D eigenvalue weighted by molar-refractivity contribution is 0.747. The number of rotatable bonds is 1. The van der Waals surface area contributed by atoms with Crippen molar-refractivity contribution in [1.29, 1.82) is 0 Å². The molecule has 1 saturated heterocycles. The van der Waals surface area contributed by atoms with Gasteiger partial charge in [-0.1, -0.05) is 24.3 Å². The van der Waals surface area contributed by atoms with E-state index >= 15 is 0 Å². The molecule has 1 aliphatic heterocycles. The fourth-order valence-electron chi connectivity index (χ4n) is 1.51. The maximum atomic E-state index is 3.48. The first-order valence-corrected chi connectivity index (χ1v) is 5.33. The molecule has 64 valence electrons. The van der Waals surface area contributed by atoms with Crippen molar-refractivity contribution < 1.29 is 0 Å². The predicted octanol–water partition coefficient (Wildman–Crippen LogP) is 2.33. The van der Waals surface area contributed by atoms with Crippen molar-refractivity contribution in [2.45, 2.75) is 12.3 Å². The van der Waals surface area contributed by atoms with Gasteiger partial charge in [0.2, 0.25) is 0 Å². The summed E-state index contributed by atoms with van der Waals surface area (Å²) < 4.78 is 0. The van der Waals surface area contributed by atoms with E-state index in [1.54, 1.807) is 0 Å². The van der Waals surface area contributed by atoms with Crippen LogP contribution in [0.25, 0.3) is 0 Å². The lowest BCUT2D eigenvalue weighted by atomic mass is 10.1. The van der Waals surface area contributed by atoms with E-state index < -0.39 is 0 Å². The molecule has 12 heavy (non-hydrogen) atoms. The van der Waals surface area contributed by atoms with Crippen molar-refractivity contribution in [3.8, 4) is 0 Å². The molecule has 2 heteroatoms. The fourth-order valence-corrected chi connectivity index (χ4v) is 2.66. The van der Waals surface area contributed by atoms with Crippen LogP contribution in [0.1, 0.15) is 16.5 Å². The van der Waals surface area contributed by atoms with E-state index in [2.05, 4.69) is 36.5 Å². The highest BCUT2D eigenvalue weighted by molar-refractivity contribution is 7.99. The van der Waals surface area contributed by atoms with Gasteiger partial charge in [-0.25, -0.2) is 0 Å². The second kappa shape index (κ2) is 3.50. The summed E-state index contributed by atoms with van der Waals surface area (Å²) >= 11 is 2.00. The minimum Gasteiger partial charge on any atom is -0.301 e. The average molecular weight is 179 g/mol. The second-order valence-electron chi connectivity index (χ2n) is 3.06. The summed E-state index contributed by atoms with van der Waals surface area (Å²) in [5.41, 5.74) is 2.84. The average Bonchev–Trinajstić information content (AvgIpc) is 2.57. The Hall–Kier alpha value is -0.470. The summed E-state index contributed by atoms with van der Waals surface area (Å²) in [7, 11) is 0. The van der Waals surface area contributed by atoms with E-state index in [-0.39, 0.29) is 0 Å². The van der Waals surface area contributed by atoms with Gasteiger partial charge in [-0.2, -0.15) is 0 Å². The first kappa shape index (κ1) is 8.14. The SMILES string of the molecule is Cc1ccccc1[C@H]1NCCS1. The Kier molecular flexibility index (Phi) is 2.38. The molecular formula is C10H13NS. The molecule has 1 fully saturated rings. The largest absolute Gasteiger partial charge is 0.301 e. The Morgan fingerprint density at radius 3 is 2.92 bits per heavy atom. The zero-order valence-electron chi connectivity index (χ0n) is 7.21. The summed E-state index contributed by atoms with van der Waals surface area (Å²) in [6, 6.07) is 8.60. The Bertz CT molecular complexity index is 266. The highest BCUT2D eigenvalue weighted by Gasteiger charge is 2.17. The van der Waals surface area contributed by atoms with Gasteiger partial charge in [0.1, 0.15) is 0 Å². The van der Waals surface area contributed by atoms with Crippen LogP contribution in [-0.4, -0.2) is 12.3 Å². The molecule has 1 N–H and O–H groups in total. The van der Waals surface area contributed by atoms with Gasteiger partial charge in [-0.05, 0) is 18.1 Å². The molecule has 0 aliphatic carbocycles. The lowest BCUT2D eigenvalue weighted by Crippen LogP contribution is -2.12. The molecule has 0 aromatic heterocycles. The highest BCUT2D eigenvalue weighted by Crippen LogP contribution is 2.31. The molecule has 0 unspecified atom stereocenters. The first-order chi connectivity index (χ1) is 5.88. The van der Waals surface area contributed by atoms with Crippen LogP contribution >= 0.6 is 11.8 Å². The number of hydrogen-bond acceptors (Lipinski definition) is 2. The van der Waals surface area contributed by atoms with E-state index in [0.717, 1.165) is 6.54 Å². The molecule has 1 atom stereocenters. The smallest absolute Gasteiger partial charge is 0.0792 e. The zero-order chi connectivity index (χ0) is 8.39. The molecule has 1 heterocycles. The van der Waals surface area contributed by atoms with Crippen molar-refractivity contribution in [3.05, 3.63) is 35.4 Å². The normalized spacial score (nSPS) is 22.9. The van der Waals surface area contributed by atoms with Crippen LogP contribution in [0.4, 0.5) is 0 Å². The minimum atomic E-state index is 0.534. The van der Waals surface area contributed by atoms with Crippen LogP contribution in [-0.2, 0) is 0 Å². The molecule has 1 nitrogen and oxygen atoms in total. The van der Waals surface area contributed by atoms with E-state index in [1.165, 1.54) is 16.9 Å². The van der Waals surface area contributed by atoms with Crippen molar-refractivity contribution in [2.24, 2.45) is 0 Å². The Balaban J connectivity index is 2.26. The van der Waals surface area contributed by atoms with Crippen molar-refractivity contribution in [3.63, 3.8) is 0 Å². The standard InChI is InChI=1S/C10H13NS/c1-8-4-2-3-5-9(8)10-11-6-7-12-10/h2-5,10-11H,6-7H2,1H3/t10-/m0/s1. The molecule has 2 rings (SSSR count). The highest BCUT2D eigenvalue weighted by atomic mass is 32.2. The van der Waals surface area contributed by atoms with Gasteiger partial charge in [0.05, 0.1) is 5.37 Å². The van der Waals surface area contributed by atoms with E-state index in [9.17, 15) is 0 Å². The van der Waals surface area contributed by atoms with Crippen LogP contribution in [0.15, 0.2) is 24.3 Å². The van der Waals surface area contributed by atoms with E-state index in [1.807, 2.05) is 11.8 Å². The third-order valence-electron chi connectivity index (χ3n) is 2.19. The molecule has 0 amide bonds. The molecule has 1 aromatic rings. The third kappa shape index (κ3) is 1.50. The molecule has 1 aromatic carbocycles. The number of benzene rings is 1. The van der Waals surface area contributed by atoms with Crippen molar-refractivity contribution in [2.75, 3.05) is 12.3 Å². The van der Waals surface area contributed by atoms with Gasteiger partial charge in [0, 0.05) is 12.3 Å². The van der Waals surface area contributed by atoms with E-state index in [0.29, 0.717) is 5.37 Å². The summed E-state index contributed by atoms with van der Waals surface area (Å²) in [4.78, 5) is 0. The molecule has 1 aliphatic rings. The maximum Gasteiger partial charge on any atom is 0.0792 e. The van der Waals surface area contributed by atoms with Gasteiger partial charge in [-0.15, -0.1) is 11.8 Å². The summed E-state index contributed by atoms with van der Waals surface area (Å²) in [6.07, 6.45) is 0. The van der Waals surface area contributed by atoms with Crippen LogP contribution < -0.4 is 5.32 Å². The monoisotopic (exact) mass is 179 g/mol. The Labute approximate surface area is 77.6 Å². The topological polar surface area (TPSA) is 12.0 Å². The summed E-state index contributed by atoms with van der Waals surface area (Å²) in [5, 5.41) is 4.01. The summed E-state index contributed by atoms with van der Waals surface area (Å²) in [5.74, 6) is 1.24. The quantitative estimate of drug-likeness (QED) is 0.710. The van der Waals surface area contributed by atoms with E-state index in [4.69, 9.17) is 0 Å². The number of hydrogen-bond donors (Lipinski definition) is 1. The van der Waals surface area contributed by atoms with Crippen molar-refractivity contribution in [1.82, 2.24) is 5.32 Å². The Morgan fingerprint density at radius 1 is 1.42 bits per heavy atom. The second-order valence-corrected chi connectivity index (χ2v) is 4.27. The van der Waals surface area contributed by atoms with Crippen LogP contribution in [0.3, 0.4) is 0 Å². The van der Waals surface area contributed by atoms with Gasteiger partial charge >= 0.3 is 0 Å². The molecule has 0 bridgehead atoms. The van der Waals surface area contributed by atoms with Gasteiger partial charge in [-0.3, -0.25) is 0 Å².